The van der Waals surface area contributed by atoms with Gasteiger partial charge in [0.15, 0.2) is 0 Å². The van der Waals surface area contributed by atoms with E-state index in [0.717, 1.165) is 33.3 Å². The zero-order valence-electron chi connectivity index (χ0n) is 23.7. The van der Waals surface area contributed by atoms with Gasteiger partial charge in [-0.1, -0.05) is 30.3 Å². The van der Waals surface area contributed by atoms with E-state index in [9.17, 15) is 12.8 Å². The summed E-state index contributed by atoms with van der Waals surface area (Å²) in [6, 6.07) is 20.8. The lowest BCUT2D eigenvalue weighted by atomic mass is 9.72. The average Bonchev–Trinajstić information content (AvgIpc) is 3.75. The standard InChI is InChI=1S/C32H32FN5O3S/c1-22-13-30-23(16-35-38(30)27-11-9-26(33)10-12-27)14-29(22)31-20-32(41-3,24-7-5-4-6-8-24)15-25(31)18-37(21-31)42(39,40)28-17-34-36(2)19-28/h4-14,16-17,19,25H,15,18,20-21H2,1-3H3/t25-,31-,32+/m1/s1. The number of hydrogen-bond donors (Lipinski definition) is 0. The summed E-state index contributed by atoms with van der Waals surface area (Å²) in [5.74, 6) is -0.278. The molecule has 1 saturated carbocycles. The molecule has 3 atom stereocenters. The Morgan fingerprint density at radius 1 is 1.02 bits per heavy atom. The lowest BCUT2D eigenvalue weighted by Crippen LogP contribution is -2.38. The number of fused-ring (bicyclic) bond motifs is 2. The number of benzene rings is 3. The molecule has 0 amide bonds. The molecule has 216 valence electrons. The Hall–Kier alpha value is -3.86. The molecule has 42 heavy (non-hydrogen) atoms. The molecule has 3 heterocycles. The fourth-order valence-corrected chi connectivity index (χ4v) is 8.91. The third kappa shape index (κ3) is 4.04. The number of halogens is 1. The largest absolute Gasteiger partial charge is 0.373 e. The van der Waals surface area contributed by atoms with Crippen molar-refractivity contribution in [1.82, 2.24) is 23.9 Å². The van der Waals surface area contributed by atoms with Gasteiger partial charge in [-0.05, 0) is 78.8 Å². The van der Waals surface area contributed by atoms with Gasteiger partial charge in [0, 0.05) is 44.2 Å². The zero-order chi connectivity index (χ0) is 29.3. The minimum Gasteiger partial charge on any atom is -0.373 e. The van der Waals surface area contributed by atoms with E-state index >= 15 is 0 Å². The first-order chi connectivity index (χ1) is 20.1. The predicted octanol–water partition coefficient (Wildman–Crippen LogP) is 5.10. The lowest BCUT2D eigenvalue weighted by Gasteiger charge is -2.35. The molecule has 8 nitrogen and oxygen atoms in total. The first-order valence-corrected chi connectivity index (χ1v) is 15.4. The van der Waals surface area contributed by atoms with Gasteiger partial charge in [0.05, 0.1) is 29.2 Å². The Balaban J connectivity index is 1.36. The predicted molar refractivity (Wildman–Crippen MR) is 157 cm³/mol. The van der Waals surface area contributed by atoms with Gasteiger partial charge in [-0.2, -0.15) is 14.5 Å². The highest BCUT2D eigenvalue weighted by Gasteiger charge is 2.62. The summed E-state index contributed by atoms with van der Waals surface area (Å²) in [5, 5.41) is 9.69. The Morgan fingerprint density at radius 3 is 2.48 bits per heavy atom. The minimum atomic E-state index is -3.74. The van der Waals surface area contributed by atoms with Gasteiger partial charge in [0.1, 0.15) is 10.7 Å². The molecule has 2 aliphatic rings. The number of sulfonamides is 1. The summed E-state index contributed by atoms with van der Waals surface area (Å²) in [4.78, 5) is 0.203. The molecule has 1 aliphatic carbocycles. The van der Waals surface area contributed by atoms with Crippen molar-refractivity contribution < 1.29 is 17.5 Å². The molecule has 5 aromatic rings. The van der Waals surface area contributed by atoms with Crippen LogP contribution in [0.15, 0.2) is 90.2 Å². The topological polar surface area (TPSA) is 82.2 Å². The maximum Gasteiger partial charge on any atom is 0.246 e. The number of aromatic nitrogens is 4. The summed E-state index contributed by atoms with van der Waals surface area (Å²) >= 11 is 0. The highest BCUT2D eigenvalue weighted by molar-refractivity contribution is 7.89. The molecule has 2 fully saturated rings. The van der Waals surface area contributed by atoms with Crippen LogP contribution in [0.5, 0.6) is 0 Å². The summed E-state index contributed by atoms with van der Waals surface area (Å²) in [5.41, 5.74) is 3.91. The summed E-state index contributed by atoms with van der Waals surface area (Å²) in [6.45, 7) is 2.81. The monoisotopic (exact) mass is 585 g/mol. The van der Waals surface area contributed by atoms with Crippen molar-refractivity contribution >= 4 is 20.9 Å². The fourth-order valence-electron chi connectivity index (χ4n) is 7.37. The molecular formula is C32H32FN5O3S. The molecule has 7 rings (SSSR count). The van der Waals surface area contributed by atoms with Crippen LogP contribution < -0.4 is 0 Å². The quantitative estimate of drug-likeness (QED) is 0.277. The SMILES string of the molecule is CO[C@@]1(c2ccccc2)C[C@@H]2CN(S(=O)(=O)c3cnn(C)c3)C[C@]2(c2cc3cnn(-c4ccc(F)cc4)c3cc2C)C1. The summed E-state index contributed by atoms with van der Waals surface area (Å²) in [6.07, 6.45) is 6.13. The second-order valence-electron chi connectivity index (χ2n) is 11.7. The van der Waals surface area contributed by atoms with E-state index in [1.54, 1.807) is 36.8 Å². The molecule has 0 spiro atoms. The fraction of sp³-hybridized carbons (Fsp3) is 0.312. The van der Waals surface area contributed by atoms with E-state index in [4.69, 9.17) is 4.74 Å². The number of rotatable bonds is 6. The van der Waals surface area contributed by atoms with Crippen molar-refractivity contribution in [2.45, 2.75) is 35.7 Å². The van der Waals surface area contributed by atoms with Crippen LogP contribution in [0.1, 0.15) is 29.5 Å². The van der Waals surface area contributed by atoms with Crippen molar-refractivity contribution in [3.63, 3.8) is 0 Å². The molecule has 0 N–H and O–H groups in total. The number of ether oxygens (including phenoxy) is 1. The third-order valence-electron chi connectivity index (χ3n) is 9.37. The highest BCUT2D eigenvalue weighted by atomic mass is 32.2. The third-order valence-corrected chi connectivity index (χ3v) is 11.1. The van der Waals surface area contributed by atoms with E-state index in [1.807, 2.05) is 29.1 Å². The van der Waals surface area contributed by atoms with E-state index in [0.29, 0.717) is 25.9 Å². The Kier molecular flexibility index (Phi) is 6.16. The van der Waals surface area contributed by atoms with Crippen LogP contribution >= 0.6 is 0 Å². The second kappa shape index (κ2) is 9.58. The number of hydrogen-bond acceptors (Lipinski definition) is 5. The van der Waals surface area contributed by atoms with Crippen molar-refractivity contribution in [3.8, 4) is 5.69 Å². The van der Waals surface area contributed by atoms with Gasteiger partial charge in [0.25, 0.3) is 0 Å². The molecule has 0 bridgehead atoms. The molecular weight excluding hydrogens is 553 g/mol. The Morgan fingerprint density at radius 2 is 1.79 bits per heavy atom. The van der Waals surface area contributed by atoms with Gasteiger partial charge >= 0.3 is 0 Å². The molecule has 0 radical (unpaired) electrons. The van der Waals surface area contributed by atoms with Crippen LogP contribution in [0.25, 0.3) is 16.6 Å². The number of methoxy groups -OCH3 is 1. The first-order valence-electron chi connectivity index (χ1n) is 14.0. The van der Waals surface area contributed by atoms with Crippen LogP contribution in [-0.2, 0) is 32.8 Å². The van der Waals surface area contributed by atoms with Crippen LogP contribution in [0.4, 0.5) is 4.39 Å². The van der Waals surface area contributed by atoms with Crippen molar-refractivity contribution in [1.29, 1.82) is 0 Å². The van der Waals surface area contributed by atoms with E-state index in [2.05, 4.69) is 41.4 Å². The summed E-state index contributed by atoms with van der Waals surface area (Å²) in [7, 11) is -0.266. The maximum absolute atomic E-state index is 13.8. The molecule has 1 saturated heterocycles. The normalized spacial score (nSPS) is 24.4. The number of nitrogens with zero attached hydrogens (tertiary/aromatic N) is 5. The molecule has 3 aromatic carbocycles. The molecule has 1 aliphatic heterocycles. The lowest BCUT2D eigenvalue weighted by molar-refractivity contribution is -0.0183. The Labute approximate surface area is 244 Å². The molecule has 10 heteroatoms. The maximum atomic E-state index is 13.8. The van der Waals surface area contributed by atoms with Crippen LogP contribution in [-0.4, -0.2) is 52.5 Å². The van der Waals surface area contributed by atoms with Gasteiger partial charge in [-0.15, -0.1) is 0 Å². The summed E-state index contributed by atoms with van der Waals surface area (Å²) < 4.78 is 52.6. The number of aryl methyl sites for hydroxylation is 2. The smallest absolute Gasteiger partial charge is 0.246 e. The van der Waals surface area contributed by atoms with Gasteiger partial charge in [-0.3, -0.25) is 4.68 Å². The van der Waals surface area contributed by atoms with Gasteiger partial charge in [-0.25, -0.2) is 17.5 Å². The van der Waals surface area contributed by atoms with Crippen molar-refractivity contribution in [2.75, 3.05) is 20.2 Å². The first kappa shape index (κ1) is 27.0. The van der Waals surface area contributed by atoms with Gasteiger partial charge < -0.3 is 4.74 Å². The van der Waals surface area contributed by atoms with Crippen molar-refractivity contribution in [2.24, 2.45) is 13.0 Å². The molecule has 2 aromatic heterocycles. The minimum absolute atomic E-state index is 0.0207. The van der Waals surface area contributed by atoms with Gasteiger partial charge in [0.2, 0.25) is 10.0 Å². The van der Waals surface area contributed by atoms with E-state index in [-0.39, 0.29) is 16.6 Å². The zero-order valence-corrected chi connectivity index (χ0v) is 24.6. The Bertz CT molecular complexity index is 1900. The van der Waals surface area contributed by atoms with Crippen molar-refractivity contribution in [3.05, 3.63) is 108 Å². The average molecular weight is 586 g/mol. The van der Waals surface area contributed by atoms with Crippen LogP contribution in [0.2, 0.25) is 0 Å². The van der Waals surface area contributed by atoms with E-state index < -0.39 is 21.0 Å². The highest BCUT2D eigenvalue weighted by Crippen LogP contribution is 2.60. The van der Waals surface area contributed by atoms with Crippen LogP contribution in [0.3, 0.4) is 0 Å². The van der Waals surface area contributed by atoms with Crippen LogP contribution in [0, 0.1) is 18.7 Å². The van der Waals surface area contributed by atoms with E-state index in [1.165, 1.54) is 23.0 Å². The second-order valence-corrected chi connectivity index (χ2v) is 13.6. The molecule has 0 unspecified atom stereocenters.